The van der Waals surface area contributed by atoms with Crippen molar-refractivity contribution in [3.05, 3.63) is 137 Å². The Morgan fingerprint density at radius 2 is 1.36 bits per heavy atom. The highest BCUT2D eigenvalue weighted by molar-refractivity contribution is 6.30. The zero-order valence-corrected chi connectivity index (χ0v) is 25.3. The minimum absolute atomic E-state index is 0.101. The summed E-state index contributed by atoms with van der Waals surface area (Å²) in [5, 5.41) is 9.46. The quantitative estimate of drug-likeness (QED) is 0.196. The van der Waals surface area contributed by atoms with E-state index in [1.54, 1.807) is 41.3 Å². The van der Waals surface area contributed by atoms with E-state index in [1.807, 2.05) is 42.5 Å². The molecule has 0 spiro atoms. The van der Waals surface area contributed by atoms with E-state index < -0.39 is 0 Å². The van der Waals surface area contributed by atoms with E-state index in [2.05, 4.69) is 39.4 Å². The van der Waals surface area contributed by atoms with Gasteiger partial charge in [0.1, 0.15) is 12.4 Å². The number of anilines is 1. The summed E-state index contributed by atoms with van der Waals surface area (Å²) in [5.41, 5.74) is 5.24. The van der Waals surface area contributed by atoms with Gasteiger partial charge in [0.05, 0.1) is 5.69 Å². The van der Waals surface area contributed by atoms with E-state index in [-0.39, 0.29) is 30.7 Å². The summed E-state index contributed by atoms with van der Waals surface area (Å²) < 4.78 is 13.5. The van der Waals surface area contributed by atoms with Crippen LogP contribution in [0.5, 0.6) is 0 Å². The molecule has 0 N–H and O–H groups in total. The van der Waals surface area contributed by atoms with Crippen LogP contribution in [0, 0.1) is 5.82 Å². The Morgan fingerprint density at radius 3 is 2.00 bits per heavy atom. The lowest BCUT2D eigenvalue weighted by Crippen LogP contribution is -2.52. The third-order valence-corrected chi connectivity index (χ3v) is 8.14. The van der Waals surface area contributed by atoms with E-state index in [0.29, 0.717) is 36.8 Å². The zero-order valence-electron chi connectivity index (χ0n) is 24.5. The van der Waals surface area contributed by atoms with Crippen molar-refractivity contribution in [2.24, 2.45) is 0 Å². The van der Waals surface area contributed by atoms with E-state index in [1.165, 1.54) is 17.0 Å². The van der Waals surface area contributed by atoms with Crippen LogP contribution in [-0.2, 0) is 11.3 Å². The lowest BCUT2D eigenvalue weighted by Gasteiger charge is -2.36. The van der Waals surface area contributed by atoms with E-state index in [0.717, 1.165) is 33.8 Å². The van der Waals surface area contributed by atoms with Gasteiger partial charge in [0.15, 0.2) is 5.82 Å². The van der Waals surface area contributed by atoms with Gasteiger partial charge in [-0.3, -0.25) is 9.59 Å². The lowest BCUT2D eigenvalue weighted by atomic mass is 10.0. The summed E-state index contributed by atoms with van der Waals surface area (Å²) in [6.45, 7) is 2.23. The van der Waals surface area contributed by atoms with Crippen LogP contribution < -0.4 is 4.90 Å². The molecule has 5 aromatic rings. The topological polar surface area (TPSA) is 69.6 Å². The molecule has 1 fully saturated rings. The van der Waals surface area contributed by atoms with Crippen molar-refractivity contribution in [2.45, 2.75) is 6.54 Å². The highest BCUT2D eigenvalue weighted by Crippen LogP contribution is 2.25. The van der Waals surface area contributed by atoms with Crippen molar-refractivity contribution in [3.8, 4) is 22.4 Å². The molecule has 45 heavy (non-hydrogen) atoms. The van der Waals surface area contributed by atoms with Gasteiger partial charge in [-0.15, -0.1) is 10.2 Å². The molecule has 1 aromatic heterocycles. The van der Waals surface area contributed by atoms with Gasteiger partial charge in [-0.25, -0.2) is 4.39 Å². The molecule has 4 aromatic carbocycles. The number of hydrogen-bond donors (Lipinski definition) is 0. The fraction of sp³-hybridized carbons (Fsp3) is 0.167. The first kappa shape index (κ1) is 30.0. The molecular formula is C36H31ClFN5O2. The molecule has 1 aliphatic rings. The summed E-state index contributed by atoms with van der Waals surface area (Å²) in [5.74, 6) is -0.0600. The fourth-order valence-corrected chi connectivity index (χ4v) is 5.47. The highest BCUT2D eigenvalue weighted by atomic mass is 35.5. The van der Waals surface area contributed by atoms with Crippen molar-refractivity contribution < 1.29 is 14.0 Å². The van der Waals surface area contributed by atoms with Gasteiger partial charge in [-0.2, -0.15) is 0 Å². The maximum Gasteiger partial charge on any atom is 0.254 e. The predicted molar refractivity (Wildman–Crippen MR) is 174 cm³/mol. The first-order chi connectivity index (χ1) is 21.9. The van der Waals surface area contributed by atoms with Gasteiger partial charge in [-0.05, 0) is 65.2 Å². The van der Waals surface area contributed by atoms with Crippen molar-refractivity contribution in [1.82, 2.24) is 20.0 Å². The van der Waals surface area contributed by atoms with Crippen molar-refractivity contribution in [3.63, 3.8) is 0 Å². The van der Waals surface area contributed by atoms with E-state index in [4.69, 9.17) is 11.6 Å². The zero-order chi connectivity index (χ0) is 31.2. The van der Waals surface area contributed by atoms with Crippen LogP contribution >= 0.6 is 11.6 Å². The minimum Gasteiger partial charge on any atom is -0.352 e. The standard InChI is InChI=1S/C36H31ClFN5O2/c37-31-14-12-30(13-15-31)36(45)43(24-26-6-16-32(38)17-7-26)25-35(44)42-22-20-41(21-23-42)34-19-18-33(39-40-34)29-10-8-28(9-11-29)27-4-2-1-3-5-27/h1-19H,20-25H2. The molecular weight excluding hydrogens is 589 g/mol. The molecule has 0 unspecified atom stereocenters. The Bertz CT molecular complexity index is 1740. The molecule has 0 aliphatic carbocycles. The Hall–Kier alpha value is -5.08. The Balaban J connectivity index is 1.07. The Kier molecular flexibility index (Phi) is 9.12. The molecule has 1 saturated heterocycles. The molecule has 9 heteroatoms. The van der Waals surface area contributed by atoms with Crippen LogP contribution in [-0.4, -0.2) is 64.5 Å². The first-order valence-electron chi connectivity index (χ1n) is 14.7. The number of hydrogen-bond acceptors (Lipinski definition) is 5. The van der Waals surface area contributed by atoms with Crippen LogP contribution in [0.1, 0.15) is 15.9 Å². The number of nitrogens with zero attached hydrogens (tertiary/aromatic N) is 5. The van der Waals surface area contributed by atoms with Gasteiger partial charge in [0.2, 0.25) is 5.91 Å². The monoisotopic (exact) mass is 619 g/mol. The normalized spacial score (nSPS) is 13.0. The predicted octanol–water partition coefficient (Wildman–Crippen LogP) is 6.59. The largest absolute Gasteiger partial charge is 0.352 e. The van der Waals surface area contributed by atoms with Crippen molar-refractivity contribution in [2.75, 3.05) is 37.6 Å². The summed E-state index contributed by atoms with van der Waals surface area (Å²) >= 11 is 6.01. The van der Waals surface area contributed by atoms with Gasteiger partial charge >= 0.3 is 0 Å². The molecule has 226 valence electrons. The number of carbonyl (C=O) groups is 2. The number of amides is 2. The van der Waals surface area contributed by atoms with Gasteiger partial charge in [-0.1, -0.05) is 78.3 Å². The molecule has 2 heterocycles. The van der Waals surface area contributed by atoms with Crippen molar-refractivity contribution in [1.29, 1.82) is 0 Å². The third kappa shape index (κ3) is 7.36. The van der Waals surface area contributed by atoms with Crippen molar-refractivity contribution >= 4 is 29.2 Å². The average Bonchev–Trinajstić information content (AvgIpc) is 3.09. The molecule has 7 nitrogen and oxygen atoms in total. The van der Waals surface area contributed by atoms with Crippen LogP contribution in [0.4, 0.5) is 10.2 Å². The van der Waals surface area contributed by atoms with E-state index >= 15 is 0 Å². The van der Waals surface area contributed by atoms with Crippen LogP contribution in [0.25, 0.3) is 22.4 Å². The average molecular weight is 620 g/mol. The second kappa shape index (κ2) is 13.7. The number of aromatic nitrogens is 2. The number of rotatable bonds is 8. The number of benzene rings is 4. The minimum atomic E-state index is -0.361. The summed E-state index contributed by atoms with van der Waals surface area (Å²) in [7, 11) is 0. The molecule has 0 radical (unpaired) electrons. The fourth-order valence-electron chi connectivity index (χ4n) is 5.34. The molecule has 6 rings (SSSR count). The smallest absolute Gasteiger partial charge is 0.254 e. The molecule has 2 amide bonds. The molecule has 0 bridgehead atoms. The molecule has 0 atom stereocenters. The Morgan fingerprint density at radius 1 is 0.711 bits per heavy atom. The molecule has 1 aliphatic heterocycles. The number of halogens is 2. The Labute approximate surface area is 266 Å². The number of carbonyl (C=O) groups excluding carboxylic acids is 2. The maximum absolute atomic E-state index is 13.5. The SMILES string of the molecule is O=C(CN(Cc1ccc(F)cc1)C(=O)c1ccc(Cl)cc1)N1CCN(c2ccc(-c3ccc(-c4ccccc4)cc3)nn2)CC1. The summed E-state index contributed by atoms with van der Waals surface area (Å²) in [4.78, 5) is 32.2. The number of piperazine rings is 1. The second-order valence-electron chi connectivity index (χ2n) is 10.9. The van der Waals surface area contributed by atoms with Gasteiger partial charge in [0.25, 0.3) is 5.91 Å². The van der Waals surface area contributed by atoms with Gasteiger partial charge in [0, 0.05) is 48.9 Å². The van der Waals surface area contributed by atoms with E-state index in [9.17, 15) is 14.0 Å². The van der Waals surface area contributed by atoms with Crippen LogP contribution in [0.3, 0.4) is 0 Å². The second-order valence-corrected chi connectivity index (χ2v) is 11.3. The lowest BCUT2D eigenvalue weighted by molar-refractivity contribution is -0.132. The van der Waals surface area contributed by atoms with Crippen LogP contribution in [0.2, 0.25) is 5.02 Å². The summed E-state index contributed by atoms with van der Waals surface area (Å²) in [6.07, 6.45) is 0. The molecule has 0 saturated carbocycles. The first-order valence-corrected chi connectivity index (χ1v) is 15.1. The highest BCUT2D eigenvalue weighted by Gasteiger charge is 2.26. The summed E-state index contributed by atoms with van der Waals surface area (Å²) in [6, 6.07) is 34.9. The van der Waals surface area contributed by atoms with Gasteiger partial charge < -0.3 is 14.7 Å². The van der Waals surface area contributed by atoms with Crippen LogP contribution in [0.15, 0.2) is 115 Å². The maximum atomic E-state index is 13.5. The third-order valence-electron chi connectivity index (χ3n) is 7.89.